The van der Waals surface area contributed by atoms with Crippen LogP contribution in [0, 0.1) is 0 Å². The standard InChI is InChI=1S/2C16H13N3O4S.Cr/c17-24(22,23)11-6-8-14(20)13(9-11)18-19-16-12-4-2-1-3-10(12)5-7-15(16)21;17-22-23-24-11-6-8-14(20)13(9-11)18-19-16-12-4-2-1-3-10(12)5-7-15(16)21;/h1-9,20-21H,(H2,17,22,23);1-9,20-21H,17H2;. The van der Waals surface area contributed by atoms with Crippen LogP contribution >= 0.6 is 12.0 Å². The Kier molecular flexibility index (Phi) is 12.3. The topological polar surface area (TPSA) is 235 Å². The Balaban J connectivity index is 0.000000216. The number of azo groups is 2. The summed E-state index contributed by atoms with van der Waals surface area (Å²) in [5, 5.41) is 64.0. The smallest absolute Gasteiger partial charge is 0.238 e. The predicted octanol–water partition coefficient (Wildman–Crippen LogP) is 7.81. The third-order valence-corrected chi connectivity index (χ3v) is 8.17. The van der Waals surface area contributed by atoms with Crippen LogP contribution in [0.25, 0.3) is 21.5 Å². The van der Waals surface area contributed by atoms with E-state index < -0.39 is 10.0 Å². The Morgan fingerprint density at radius 1 is 0.592 bits per heavy atom. The van der Waals surface area contributed by atoms with Gasteiger partial charge in [-0.3, -0.25) is 0 Å². The number of phenols is 4. The van der Waals surface area contributed by atoms with Crippen LogP contribution in [0.3, 0.4) is 0 Å². The minimum Gasteiger partial charge on any atom is -0.506 e. The van der Waals surface area contributed by atoms with E-state index in [4.69, 9.17) is 11.0 Å². The van der Waals surface area contributed by atoms with Gasteiger partial charge in [-0.2, -0.15) is 5.90 Å². The number of nitrogens with zero attached hydrogens (tertiary/aromatic N) is 4. The van der Waals surface area contributed by atoms with Crippen molar-refractivity contribution in [2.75, 3.05) is 0 Å². The van der Waals surface area contributed by atoms with Gasteiger partial charge in [0.2, 0.25) is 10.0 Å². The molecule has 49 heavy (non-hydrogen) atoms. The first kappa shape index (κ1) is 36.7. The van der Waals surface area contributed by atoms with Gasteiger partial charge >= 0.3 is 0 Å². The number of hydrogen-bond donors (Lipinski definition) is 6. The minimum absolute atomic E-state index is 0. The molecule has 0 spiro atoms. The molecule has 0 atom stereocenters. The molecule has 6 aromatic carbocycles. The van der Waals surface area contributed by atoms with Gasteiger partial charge in [-0.05, 0) is 59.3 Å². The number of primary sulfonamides is 1. The third-order valence-electron chi connectivity index (χ3n) is 6.67. The molecule has 6 rings (SSSR count). The van der Waals surface area contributed by atoms with Gasteiger partial charge in [0.15, 0.2) is 0 Å². The van der Waals surface area contributed by atoms with Crippen LogP contribution < -0.4 is 11.0 Å². The van der Waals surface area contributed by atoms with Gasteiger partial charge in [-0.1, -0.05) is 60.7 Å². The molecule has 6 aromatic rings. The van der Waals surface area contributed by atoms with Crippen molar-refractivity contribution in [3.8, 4) is 23.0 Å². The third kappa shape index (κ3) is 9.09. The average molecular weight is 739 g/mol. The van der Waals surface area contributed by atoms with E-state index in [0.717, 1.165) is 40.3 Å². The molecule has 0 heterocycles. The van der Waals surface area contributed by atoms with Crippen molar-refractivity contribution in [3.05, 3.63) is 109 Å². The summed E-state index contributed by atoms with van der Waals surface area (Å²) in [7, 11) is -3.93. The second-order valence-electron chi connectivity index (χ2n) is 9.80. The van der Waals surface area contributed by atoms with Gasteiger partial charge < -0.3 is 20.4 Å². The van der Waals surface area contributed by atoms with E-state index in [9.17, 15) is 28.8 Å². The largest absolute Gasteiger partial charge is 0.506 e. The molecule has 0 bridgehead atoms. The number of nitrogens with two attached hydrogens (primary N) is 2. The van der Waals surface area contributed by atoms with E-state index in [1.54, 1.807) is 42.5 Å². The van der Waals surface area contributed by atoms with E-state index in [1.807, 2.05) is 36.4 Å². The summed E-state index contributed by atoms with van der Waals surface area (Å²) in [5.41, 5.74) is 0.683. The summed E-state index contributed by atoms with van der Waals surface area (Å²) >= 11 is 0.861. The molecule has 0 fully saturated rings. The molecule has 0 aliphatic rings. The Morgan fingerprint density at radius 2 is 1.06 bits per heavy atom. The van der Waals surface area contributed by atoms with Gasteiger partial charge in [0.25, 0.3) is 0 Å². The number of aromatic hydroxyl groups is 4. The van der Waals surface area contributed by atoms with Crippen molar-refractivity contribution in [1.29, 1.82) is 0 Å². The molecular weight excluding hydrogens is 713 g/mol. The Morgan fingerprint density at radius 3 is 1.57 bits per heavy atom. The molecule has 8 N–H and O–H groups in total. The molecule has 0 saturated heterocycles. The molecule has 250 valence electrons. The number of hydrogen-bond acceptors (Lipinski definition) is 14. The van der Waals surface area contributed by atoms with Crippen molar-refractivity contribution in [2.45, 2.75) is 9.79 Å². The zero-order chi connectivity index (χ0) is 34.3. The second kappa shape index (κ2) is 16.3. The van der Waals surface area contributed by atoms with E-state index in [1.165, 1.54) is 18.2 Å². The maximum Gasteiger partial charge on any atom is 0.238 e. The summed E-state index contributed by atoms with van der Waals surface area (Å²) in [6, 6.07) is 29.3. The van der Waals surface area contributed by atoms with Crippen molar-refractivity contribution < 1.29 is 55.5 Å². The zero-order valence-electron chi connectivity index (χ0n) is 25.0. The fraction of sp³-hybridized carbons (Fsp3) is 0. The molecular formula is C32H26CrN6O8S2. The summed E-state index contributed by atoms with van der Waals surface area (Å²) in [5.74, 6) is 4.39. The normalized spacial score (nSPS) is 11.5. The molecule has 0 unspecified atom stereocenters. The Hall–Kier alpha value is -5.09. The van der Waals surface area contributed by atoms with Crippen LogP contribution in [0.1, 0.15) is 0 Å². The van der Waals surface area contributed by atoms with Crippen molar-refractivity contribution in [1.82, 2.24) is 0 Å². The Bertz CT molecular complexity index is 2290. The number of phenolic OH excluding ortho intramolecular Hbond substituents is 4. The van der Waals surface area contributed by atoms with Gasteiger partial charge in [0.1, 0.15) is 45.7 Å². The van der Waals surface area contributed by atoms with Crippen molar-refractivity contribution in [2.24, 2.45) is 31.5 Å². The number of benzene rings is 6. The van der Waals surface area contributed by atoms with E-state index in [-0.39, 0.29) is 62.3 Å². The van der Waals surface area contributed by atoms with Crippen LogP contribution in [0.4, 0.5) is 22.7 Å². The average Bonchev–Trinajstić information content (AvgIpc) is 3.08. The molecule has 17 heteroatoms. The zero-order valence-corrected chi connectivity index (χ0v) is 27.9. The molecule has 0 aliphatic heterocycles. The first-order valence-corrected chi connectivity index (χ1v) is 16.0. The quantitative estimate of drug-likeness (QED) is 0.0383. The number of sulfonamides is 1. The first-order chi connectivity index (χ1) is 23.0. The minimum atomic E-state index is -3.93. The molecule has 14 nitrogen and oxygen atoms in total. The monoisotopic (exact) mass is 738 g/mol. The Labute approximate surface area is 294 Å². The van der Waals surface area contributed by atoms with Gasteiger partial charge in [0, 0.05) is 33.0 Å². The van der Waals surface area contributed by atoms with Gasteiger partial charge in [-0.25, -0.2) is 13.6 Å². The van der Waals surface area contributed by atoms with Crippen molar-refractivity contribution in [3.63, 3.8) is 0 Å². The maximum absolute atomic E-state index is 11.4. The van der Waals surface area contributed by atoms with Crippen LogP contribution in [0.15, 0.2) is 139 Å². The summed E-state index contributed by atoms with van der Waals surface area (Å²) in [4.78, 5) is 4.43. The molecule has 0 aromatic heterocycles. The number of fused-ring (bicyclic) bond motifs is 2. The van der Waals surface area contributed by atoms with Crippen LogP contribution in [0.5, 0.6) is 23.0 Å². The van der Waals surface area contributed by atoms with E-state index in [2.05, 4.69) is 29.8 Å². The SMILES string of the molecule is NOOSc1ccc(O)c(N=Nc2c(O)ccc3ccccc23)c1.NS(=O)(=O)c1ccc(O)c(N=Nc2c(O)ccc3ccccc23)c1.[Cr]. The van der Waals surface area contributed by atoms with Crippen molar-refractivity contribution >= 4 is 66.4 Å². The predicted molar refractivity (Wildman–Crippen MR) is 179 cm³/mol. The van der Waals surface area contributed by atoms with Gasteiger partial charge in [-0.15, -0.1) is 29.8 Å². The fourth-order valence-corrected chi connectivity index (χ4v) is 5.29. The van der Waals surface area contributed by atoms with Crippen LogP contribution in [-0.2, 0) is 36.7 Å². The summed E-state index contributed by atoms with van der Waals surface area (Å²) in [6.07, 6.45) is 0. The molecule has 0 radical (unpaired) electrons. The molecule has 0 amide bonds. The van der Waals surface area contributed by atoms with Crippen LogP contribution in [-0.4, -0.2) is 28.8 Å². The first-order valence-electron chi connectivity index (χ1n) is 13.7. The number of rotatable bonds is 8. The fourth-order valence-electron chi connectivity index (χ4n) is 4.36. The van der Waals surface area contributed by atoms with Crippen LogP contribution in [0.2, 0.25) is 0 Å². The van der Waals surface area contributed by atoms with E-state index >= 15 is 0 Å². The summed E-state index contributed by atoms with van der Waals surface area (Å²) < 4.78 is 27.3. The van der Waals surface area contributed by atoms with Gasteiger partial charge in [0.05, 0.1) is 16.9 Å². The molecule has 0 saturated carbocycles. The van der Waals surface area contributed by atoms with E-state index in [0.29, 0.717) is 16.0 Å². The maximum atomic E-state index is 11.4. The summed E-state index contributed by atoms with van der Waals surface area (Å²) in [6.45, 7) is 0. The second-order valence-corrected chi connectivity index (χ2v) is 12.1. The molecule has 0 aliphatic carbocycles.